The van der Waals surface area contributed by atoms with Crippen LogP contribution < -0.4 is 10.1 Å². The third-order valence-corrected chi connectivity index (χ3v) is 3.98. The fourth-order valence-corrected chi connectivity index (χ4v) is 2.82. The summed E-state index contributed by atoms with van der Waals surface area (Å²) in [7, 11) is 3.98. The van der Waals surface area contributed by atoms with Gasteiger partial charge in [0.15, 0.2) is 0 Å². The van der Waals surface area contributed by atoms with Crippen LogP contribution in [0.25, 0.3) is 0 Å². The molecule has 1 aromatic rings. The maximum atomic E-state index is 5.40. The molecule has 0 aliphatic carbocycles. The number of piperidine rings is 1. The molecule has 2 rings (SSSR count). The molecule has 1 aromatic carbocycles. The largest absolute Gasteiger partial charge is 0.496 e. The number of para-hydroxylation sites is 1. The summed E-state index contributed by atoms with van der Waals surface area (Å²) < 4.78 is 5.40. The van der Waals surface area contributed by atoms with Crippen molar-refractivity contribution < 1.29 is 4.74 Å². The number of benzene rings is 1. The molecular formula is C16H26N2O. The van der Waals surface area contributed by atoms with E-state index in [0.29, 0.717) is 0 Å². The van der Waals surface area contributed by atoms with Crippen molar-refractivity contribution in [2.75, 3.05) is 40.3 Å². The molecule has 0 saturated carbocycles. The Balaban J connectivity index is 1.77. The van der Waals surface area contributed by atoms with E-state index in [0.717, 1.165) is 24.6 Å². The fraction of sp³-hybridized carbons (Fsp3) is 0.625. The average Bonchev–Trinajstić information content (AvgIpc) is 2.46. The van der Waals surface area contributed by atoms with Crippen LogP contribution in [-0.2, 0) is 6.42 Å². The van der Waals surface area contributed by atoms with Gasteiger partial charge in [-0.1, -0.05) is 18.2 Å². The Bertz CT molecular complexity index is 375. The molecule has 0 unspecified atom stereocenters. The third-order valence-electron chi connectivity index (χ3n) is 3.98. The van der Waals surface area contributed by atoms with Gasteiger partial charge in [0.05, 0.1) is 7.11 Å². The van der Waals surface area contributed by atoms with Crippen molar-refractivity contribution in [2.24, 2.45) is 5.92 Å². The highest BCUT2D eigenvalue weighted by Crippen LogP contribution is 2.18. The van der Waals surface area contributed by atoms with Gasteiger partial charge in [-0.3, -0.25) is 0 Å². The van der Waals surface area contributed by atoms with Crippen LogP contribution in [0.3, 0.4) is 0 Å². The maximum absolute atomic E-state index is 5.40. The van der Waals surface area contributed by atoms with Gasteiger partial charge in [-0.15, -0.1) is 0 Å². The quantitative estimate of drug-likeness (QED) is 0.850. The molecular weight excluding hydrogens is 236 g/mol. The van der Waals surface area contributed by atoms with Crippen LogP contribution >= 0.6 is 0 Å². The zero-order valence-corrected chi connectivity index (χ0v) is 12.2. The second kappa shape index (κ2) is 7.51. The monoisotopic (exact) mass is 262 g/mol. The minimum atomic E-state index is 0.865. The summed E-state index contributed by atoms with van der Waals surface area (Å²) in [5, 5.41) is 3.43. The molecule has 3 nitrogen and oxygen atoms in total. The van der Waals surface area contributed by atoms with Crippen LogP contribution in [0.2, 0.25) is 0 Å². The van der Waals surface area contributed by atoms with E-state index in [1.54, 1.807) is 7.11 Å². The van der Waals surface area contributed by atoms with Crippen LogP contribution in [0.4, 0.5) is 0 Å². The van der Waals surface area contributed by atoms with Gasteiger partial charge in [0.25, 0.3) is 0 Å². The van der Waals surface area contributed by atoms with Crippen LogP contribution in [0.5, 0.6) is 5.75 Å². The molecule has 3 heteroatoms. The van der Waals surface area contributed by atoms with Gasteiger partial charge in [0, 0.05) is 13.1 Å². The topological polar surface area (TPSA) is 24.5 Å². The van der Waals surface area contributed by atoms with Gasteiger partial charge in [-0.2, -0.15) is 0 Å². The molecule has 0 bridgehead atoms. The highest BCUT2D eigenvalue weighted by atomic mass is 16.5. The SMILES string of the molecule is COc1ccccc1CCN(C)CC1CCNCC1. The number of nitrogens with zero attached hydrogens (tertiary/aromatic N) is 1. The fourth-order valence-electron chi connectivity index (χ4n) is 2.82. The number of hydrogen-bond donors (Lipinski definition) is 1. The van der Waals surface area contributed by atoms with Crippen molar-refractivity contribution in [3.8, 4) is 5.75 Å². The van der Waals surface area contributed by atoms with Crippen molar-refractivity contribution in [3.05, 3.63) is 29.8 Å². The Labute approximate surface area is 116 Å². The van der Waals surface area contributed by atoms with Crippen LogP contribution in [0.15, 0.2) is 24.3 Å². The molecule has 0 atom stereocenters. The van der Waals surface area contributed by atoms with E-state index in [1.807, 2.05) is 12.1 Å². The third kappa shape index (κ3) is 4.51. The van der Waals surface area contributed by atoms with Crippen molar-refractivity contribution in [1.82, 2.24) is 10.2 Å². The molecule has 1 aliphatic heterocycles. The molecule has 1 N–H and O–H groups in total. The minimum Gasteiger partial charge on any atom is -0.496 e. The lowest BCUT2D eigenvalue weighted by Gasteiger charge is -2.27. The van der Waals surface area contributed by atoms with Gasteiger partial charge in [-0.25, -0.2) is 0 Å². The van der Waals surface area contributed by atoms with E-state index >= 15 is 0 Å². The minimum absolute atomic E-state index is 0.865. The Morgan fingerprint density at radius 2 is 2.00 bits per heavy atom. The number of likely N-dealkylation sites (N-methyl/N-ethyl adjacent to an activating group) is 1. The van der Waals surface area contributed by atoms with E-state index in [1.165, 1.54) is 38.0 Å². The summed E-state index contributed by atoms with van der Waals surface area (Å²) in [6.07, 6.45) is 3.70. The number of ether oxygens (including phenoxy) is 1. The van der Waals surface area contributed by atoms with Crippen LogP contribution in [0.1, 0.15) is 18.4 Å². The predicted octanol–water partition coefficient (Wildman–Crippen LogP) is 2.17. The Morgan fingerprint density at radius 3 is 2.74 bits per heavy atom. The lowest BCUT2D eigenvalue weighted by atomic mass is 9.97. The smallest absolute Gasteiger partial charge is 0.122 e. The first-order valence-electron chi connectivity index (χ1n) is 7.30. The van der Waals surface area contributed by atoms with Gasteiger partial charge in [0.2, 0.25) is 0 Å². The normalized spacial score (nSPS) is 16.8. The van der Waals surface area contributed by atoms with E-state index < -0.39 is 0 Å². The standard InChI is InChI=1S/C16H26N2O/c1-18(13-14-7-10-17-11-8-14)12-9-15-5-3-4-6-16(15)19-2/h3-6,14,17H,7-13H2,1-2H3. The number of hydrogen-bond acceptors (Lipinski definition) is 3. The molecule has 0 spiro atoms. The van der Waals surface area contributed by atoms with Crippen molar-refractivity contribution in [3.63, 3.8) is 0 Å². The summed E-state index contributed by atoms with van der Waals surface area (Å²) in [6.45, 7) is 4.69. The molecule has 1 heterocycles. The number of methoxy groups -OCH3 is 1. The van der Waals surface area contributed by atoms with Crippen molar-refractivity contribution >= 4 is 0 Å². The first kappa shape index (κ1) is 14.4. The summed E-state index contributed by atoms with van der Waals surface area (Å²) in [5.41, 5.74) is 1.31. The molecule has 19 heavy (non-hydrogen) atoms. The Hall–Kier alpha value is -1.06. The summed E-state index contributed by atoms with van der Waals surface area (Å²) >= 11 is 0. The second-order valence-corrected chi connectivity index (χ2v) is 5.52. The Kier molecular flexibility index (Phi) is 5.67. The van der Waals surface area contributed by atoms with E-state index in [9.17, 15) is 0 Å². The summed E-state index contributed by atoms with van der Waals surface area (Å²) in [6, 6.07) is 8.32. The first-order valence-corrected chi connectivity index (χ1v) is 7.30. The molecule has 1 saturated heterocycles. The van der Waals surface area contributed by atoms with Gasteiger partial charge >= 0.3 is 0 Å². The first-order chi connectivity index (χ1) is 9.29. The van der Waals surface area contributed by atoms with Gasteiger partial charge < -0.3 is 15.0 Å². The highest BCUT2D eigenvalue weighted by molar-refractivity contribution is 5.33. The number of rotatable bonds is 6. The lowest BCUT2D eigenvalue weighted by Crippen LogP contribution is -2.35. The predicted molar refractivity (Wildman–Crippen MR) is 79.8 cm³/mol. The van der Waals surface area contributed by atoms with Crippen molar-refractivity contribution in [1.29, 1.82) is 0 Å². The maximum Gasteiger partial charge on any atom is 0.122 e. The molecule has 0 radical (unpaired) electrons. The molecule has 1 fully saturated rings. The lowest BCUT2D eigenvalue weighted by molar-refractivity contribution is 0.241. The summed E-state index contributed by atoms with van der Waals surface area (Å²) in [4.78, 5) is 2.46. The molecule has 0 aromatic heterocycles. The zero-order chi connectivity index (χ0) is 13.5. The van der Waals surface area contributed by atoms with Crippen LogP contribution in [-0.4, -0.2) is 45.2 Å². The average molecular weight is 262 g/mol. The van der Waals surface area contributed by atoms with E-state index in [4.69, 9.17) is 4.74 Å². The number of nitrogens with one attached hydrogen (secondary N) is 1. The second-order valence-electron chi connectivity index (χ2n) is 5.52. The Morgan fingerprint density at radius 1 is 1.26 bits per heavy atom. The van der Waals surface area contributed by atoms with Gasteiger partial charge in [-0.05, 0) is 56.9 Å². The van der Waals surface area contributed by atoms with Gasteiger partial charge in [0.1, 0.15) is 5.75 Å². The molecule has 1 aliphatic rings. The van der Waals surface area contributed by atoms with Crippen molar-refractivity contribution in [2.45, 2.75) is 19.3 Å². The molecule has 0 amide bonds. The zero-order valence-electron chi connectivity index (χ0n) is 12.2. The van der Waals surface area contributed by atoms with E-state index in [2.05, 4.69) is 29.4 Å². The van der Waals surface area contributed by atoms with E-state index in [-0.39, 0.29) is 0 Å². The van der Waals surface area contributed by atoms with Crippen LogP contribution in [0, 0.1) is 5.92 Å². The highest BCUT2D eigenvalue weighted by Gasteiger charge is 2.15. The molecule has 106 valence electrons. The summed E-state index contributed by atoms with van der Waals surface area (Å²) in [5.74, 6) is 1.88.